The quantitative estimate of drug-likeness (QED) is 0.0379. The van der Waals surface area contributed by atoms with Gasteiger partial charge in [0.2, 0.25) is 0 Å². The molecule has 0 spiro atoms. The Morgan fingerprint density at radius 1 is 0.339 bits per heavy atom. The van der Waals surface area contributed by atoms with E-state index in [0.717, 1.165) is 19.3 Å². The molecule has 0 radical (unpaired) electrons. The summed E-state index contributed by atoms with van der Waals surface area (Å²) in [7, 11) is 0. The van der Waals surface area contributed by atoms with E-state index < -0.39 is 0 Å². The molecule has 3 heteroatoms. The van der Waals surface area contributed by atoms with Crippen LogP contribution in [0.25, 0.3) is 0 Å². The number of allylic oxidation sites excluding steroid dienone is 2. The lowest BCUT2D eigenvalue weighted by Gasteiger charge is -2.06. The first-order valence-corrected chi connectivity index (χ1v) is 26.2. The normalized spacial score (nSPS) is 11.7. The Kier molecular flexibility index (Phi) is 51.4. The van der Waals surface area contributed by atoms with Gasteiger partial charge in [-0.3, -0.25) is 4.79 Å². The van der Waals surface area contributed by atoms with Crippen LogP contribution in [0, 0.1) is 0 Å². The number of hydrogen-bond acceptors (Lipinski definition) is 3. The molecule has 0 aromatic carbocycles. The van der Waals surface area contributed by atoms with E-state index in [2.05, 4.69) is 19.1 Å². The fourth-order valence-electron chi connectivity index (χ4n) is 8.29. The predicted molar refractivity (Wildman–Crippen MR) is 250 cm³/mol. The fraction of sp³-hybridized carbons (Fsp3) is 0.943. The average Bonchev–Trinajstić information content (AvgIpc) is 3.20. The van der Waals surface area contributed by atoms with Crippen LogP contribution in [0.15, 0.2) is 12.2 Å². The van der Waals surface area contributed by atoms with Crippen molar-refractivity contribution in [3.8, 4) is 0 Å². The van der Waals surface area contributed by atoms with Crippen molar-refractivity contribution in [2.75, 3.05) is 13.2 Å². The van der Waals surface area contributed by atoms with Crippen LogP contribution in [-0.2, 0) is 9.53 Å². The molecule has 3 nitrogen and oxygen atoms in total. The topological polar surface area (TPSA) is 46.5 Å². The van der Waals surface area contributed by atoms with Crippen molar-refractivity contribution in [2.24, 2.45) is 0 Å². The SMILES string of the molecule is CCCCCCCCC=CCCCCCCCCCCCC(=O)OCCCCCCCCCCCCCCCCCCCCCCCCCCCCCCCO. The summed E-state index contributed by atoms with van der Waals surface area (Å²) in [5.41, 5.74) is 0. The first-order valence-electron chi connectivity index (χ1n) is 26.2. The fourth-order valence-corrected chi connectivity index (χ4v) is 8.29. The number of carbonyl (C=O) groups is 1. The molecule has 0 saturated heterocycles. The van der Waals surface area contributed by atoms with E-state index in [1.54, 1.807) is 0 Å². The van der Waals surface area contributed by atoms with E-state index in [9.17, 15) is 4.79 Å². The van der Waals surface area contributed by atoms with E-state index >= 15 is 0 Å². The molecule has 0 aromatic heterocycles. The molecule has 56 heavy (non-hydrogen) atoms. The van der Waals surface area contributed by atoms with Crippen molar-refractivity contribution >= 4 is 5.97 Å². The van der Waals surface area contributed by atoms with E-state index in [0.29, 0.717) is 19.6 Å². The van der Waals surface area contributed by atoms with Gasteiger partial charge in [-0.05, 0) is 44.9 Å². The van der Waals surface area contributed by atoms with E-state index in [4.69, 9.17) is 9.84 Å². The zero-order valence-corrected chi connectivity index (χ0v) is 38.6. The highest BCUT2D eigenvalue weighted by molar-refractivity contribution is 5.69. The maximum atomic E-state index is 12.1. The standard InChI is InChI=1S/C53H104O3/c1-2-3-4-5-6-7-8-9-10-11-23-26-29-32-35-38-41-44-47-50-53(55)56-52-49-46-43-40-37-34-31-28-25-22-20-18-16-14-12-13-15-17-19-21-24-27-30-33-36-39-42-45-48-51-54/h9-10,54H,2-8,11-52H2,1H3. The predicted octanol–water partition coefficient (Wildman–Crippen LogP) is 18.4. The van der Waals surface area contributed by atoms with Crippen LogP contribution < -0.4 is 0 Å². The molecule has 0 heterocycles. The largest absolute Gasteiger partial charge is 0.466 e. The average molecular weight is 789 g/mol. The highest BCUT2D eigenvalue weighted by atomic mass is 16.5. The minimum atomic E-state index is 0.0256. The van der Waals surface area contributed by atoms with Gasteiger partial charge >= 0.3 is 5.97 Å². The maximum absolute atomic E-state index is 12.1. The summed E-state index contributed by atoms with van der Waals surface area (Å²) in [6.07, 6.45) is 68.0. The number of hydrogen-bond donors (Lipinski definition) is 1. The van der Waals surface area contributed by atoms with Crippen molar-refractivity contribution < 1.29 is 14.6 Å². The summed E-state index contributed by atoms with van der Waals surface area (Å²) in [6, 6.07) is 0. The summed E-state index contributed by atoms with van der Waals surface area (Å²) in [6.45, 7) is 3.28. The second-order valence-electron chi connectivity index (χ2n) is 17.9. The molecule has 0 atom stereocenters. The van der Waals surface area contributed by atoms with Gasteiger partial charge in [0.05, 0.1) is 6.61 Å². The van der Waals surface area contributed by atoms with Gasteiger partial charge in [0.15, 0.2) is 0 Å². The van der Waals surface area contributed by atoms with Crippen LogP contribution in [0.2, 0.25) is 0 Å². The highest BCUT2D eigenvalue weighted by Crippen LogP contribution is 2.17. The number of esters is 1. The zero-order chi connectivity index (χ0) is 40.3. The van der Waals surface area contributed by atoms with E-state index in [1.807, 2.05) is 0 Å². The molecule has 0 aliphatic carbocycles. The third-order valence-corrected chi connectivity index (χ3v) is 12.2. The third-order valence-electron chi connectivity index (χ3n) is 12.2. The zero-order valence-electron chi connectivity index (χ0n) is 38.6. The van der Waals surface area contributed by atoms with Gasteiger partial charge < -0.3 is 9.84 Å². The number of ether oxygens (including phenoxy) is 1. The Labute approximate surface area is 353 Å². The van der Waals surface area contributed by atoms with Gasteiger partial charge in [-0.25, -0.2) is 0 Å². The molecule has 0 fully saturated rings. The first kappa shape index (κ1) is 55.2. The van der Waals surface area contributed by atoms with Gasteiger partial charge in [-0.1, -0.05) is 269 Å². The van der Waals surface area contributed by atoms with Crippen LogP contribution in [0.3, 0.4) is 0 Å². The lowest BCUT2D eigenvalue weighted by atomic mass is 10.0. The molecule has 0 amide bonds. The number of aliphatic hydroxyl groups is 1. The molecular formula is C53H104O3. The Balaban J connectivity index is 3.15. The molecule has 0 unspecified atom stereocenters. The molecule has 0 rings (SSSR count). The number of unbranched alkanes of at least 4 members (excludes halogenated alkanes) is 43. The minimum Gasteiger partial charge on any atom is -0.466 e. The number of aliphatic hydroxyl groups excluding tert-OH is 1. The van der Waals surface area contributed by atoms with Gasteiger partial charge in [0.25, 0.3) is 0 Å². The van der Waals surface area contributed by atoms with Crippen molar-refractivity contribution in [2.45, 2.75) is 309 Å². The summed E-state index contributed by atoms with van der Waals surface area (Å²) < 4.78 is 5.49. The third kappa shape index (κ3) is 51.2. The second-order valence-corrected chi connectivity index (χ2v) is 17.9. The lowest BCUT2D eigenvalue weighted by molar-refractivity contribution is -0.143. The summed E-state index contributed by atoms with van der Waals surface area (Å²) in [4.78, 5) is 12.1. The smallest absolute Gasteiger partial charge is 0.305 e. The molecule has 0 aromatic rings. The first-order chi connectivity index (χ1) is 27.8. The molecule has 0 bridgehead atoms. The molecule has 0 aliphatic heterocycles. The van der Waals surface area contributed by atoms with Crippen molar-refractivity contribution in [3.05, 3.63) is 12.2 Å². The van der Waals surface area contributed by atoms with Crippen molar-refractivity contribution in [1.82, 2.24) is 0 Å². The van der Waals surface area contributed by atoms with Crippen LogP contribution in [0.4, 0.5) is 0 Å². The molecule has 1 N–H and O–H groups in total. The van der Waals surface area contributed by atoms with Gasteiger partial charge in [-0.2, -0.15) is 0 Å². The second kappa shape index (κ2) is 52.2. The Morgan fingerprint density at radius 2 is 0.589 bits per heavy atom. The van der Waals surface area contributed by atoms with Crippen LogP contribution >= 0.6 is 0 Å². The van der Waals surface area contributed by atoms with Gasteiger partial charge in [-0.15, -0.1) is 0 Å². The summed E-state index contributed by atoms with van der Waals surface area (Å²) in [5.74, 6) is 0.0256. The number of rotatable bonds is 50. The van der Waals surface area contributed by atoms with Crippen molar-refractivity contribution in [1.29, 1.82) is 0 Å². The molecular weight excluding hydrogens is 685 g/mol. The van der Waals surface area contributed by atoms with Gasteiger partial charge in [0.1, 0.15) is 0 Å². The summed E-state index contributed by atoms with van der Waals surface area (Å²) in [5, 5.41) is 8.82. The lowest BCUT2D eigenvalue weighted by Crippen LogP contribution is -2.05. The molecule has 0 saturated carbocycles. The van der Waals surface area contributed by atoms with Gasteiger partial charge in [0, 0.05) is 13.0 Å². The van der Waals surface area contributed by atoms with Crippen LogP contribution in [0.5, 0.6) is 0 Å². The molecule has 0 aliphatic rings. The minimum absolute atomic E-state index is 0.0256. The monoisotopic (exact) mass is 789 g/mol. The highest BCUT2D eigenvalue weighted by Gasteiger charge is 2.03. The van der Waals surface area contributed by atoms with E-state index in [-0.39, 0.29) is 5.97 Å². The van der Waals surface area contributed by atoms with Crippen LogP contribution in [0.1, 0.15) is 309 Å². The Bertz CT molecular complexity index is 732. The Hall–Kier alpha value is -0.830. The Morgan fingerprint density at radius 3 is 0.893 bits per heavy atom. The summed E-state index contributed by atoms with van der Waals surface area (Å²) >= 11 is 0. The van der Waals surface area contributed by atoms with E-state index in [1.165, 1.54) is 276 Å². The van der Waals surface area contributed by atoms with Crippen molar-refractivity contribution in [3.63, 3.8) is 0 Å². The maximum Gasteiger partial charge on any atom is 0.305 e. The molecule has 334 valence electrons. The van der Waals surface area contributed by atoms with Crippen LogP contribution in [-0.4, -0.2) is 24.3 Å². The number of carbonyl (C=O) groups excluding carboxylic acids is 1.